The van der Waals surface area contributed by atoms with Gasteiger partial charge in [-0.3, -0.25) is 14.3 Å². The summed E-state index contributed by atoms with van der Waals surface area (Å²) in [5.41, 5.74) is -1.08. The molecule has 1 aliphatic rings. The van der Waals surface area contributed by atoms with Crippen molar-refractivity contribution in [1.82, 2.24) is 9.55 Å². The molecule has 7 nitrogen and oxygen atoms in total. The quantitative estimate of drug-likeness (QED) is 0.688. The van der Waals surface area contributed by atoms with E-state index >= 15 is 0 Å². The normalized spacial score (nSPS) is 25.5. The number of rotatable bonds is 2. The van der Waals surface area contributed by atoms with E-state index < -0.39 is 29.7 Å². The number of nitrogens with zero attached hydrogens (tertiary/aromatic N) is 1. The first kappa shape index (κ1) is 15.8. The first-order chi connectivity index (χ1) is 9.03. The molecule has 19 heavy (non-hydrogen) atoms. The Morgan fingerprint density at radius 2 is 2.26 bits per heavy atom. The average molecular weight is 335 g/mol. The van der Waals surface area contributed by atoms with Crippen LogP contribution in [-0.2, 0) is 4.74 Å². The van der Waals surface area contributed by atoms with Crippen LogP contribution in [0.5, 0.6) is 0 Å². The first-order valence-electron chi connectivity index (χ1n) is 5.50. The van der Waals surface area contributed by atoms with Crippen molar-refractivity contribution < 1.29 is 14.9 Å². The number of hydrogen-bond acceptors (Lipinski definition) is 5. The van der Waals surface area contributed by atoms with E-state index in [1.54, 1.807) is 4.99 Å². The molecule has 0 spiro atoms. The van der Waals surface area contributed by atoms with Gasteiger partial charge in [-0.1, -0.05) is 22.5 Å². The second kappa shape index (κ2) is 7.39. The van der Waals surface area contributed by atoms with Crippen LogP contribution < -0.4 is 11.2 Å². The van der Waals surface area contributed by atoms with Crippen LogP contribution in [0.1, 0.15) is 12.6 Å². The zero-order valence-electron chi connectivity index (χ0n) is 10.0. The lowest BCUT2D eigenvalue weighted by Gasteiger charge is -2.13. The van der Waals surface area contributed by atoms with Gasteiger partial charge in [0.15, 0.2) is 0 Å². The van der Waals surface area contributed by atoms with Crippen molar-refractivity contribution in [2.45, 2.75) is 24.9 Å². The lowest BCUT2D eigenvalue weighted by molar-refractivity contribution is -0.0459. The fourth-order valence-corrected chi connectivity index (χ4v) is 1.70. The molecule has 0 aliphatic carbocycles. The number of aliphatic hydroxyl groups is 2. The van der Waals surface area contributed by atoms with E-state index in [0.29, 0.717) is 0 Å². The van der Waals surface area contributed by atoms with Crippen LogP contribution in [0.4, 0.5) is 0 Å². The molecule has 1 aromatic heterocycles. The molecule has 0 saturated carbocycles. The van der Waals surface area contributed by atoms with Crippen LogP contribution in [0.15, 0.2) is 33.4 Å². The van der Waals surface area contributed by atoms with E-state index in [4.69, 9.17) is 9.84 Å². The van der Waals surface area contributed by atoms with Gasteiger partial charge in [-0.05, 0) is 4.99 Å². The highest BCUT2D eigenvalue weighted by molar-refractivity contribution is 9.11. The van der Waals surface area contributed by atoms with Crippen LogP contribution in [-0.4, -0.2) is 38.6 Å². The van der Waals surface area contributed by atoms with Crippen molar-refractivity contribution in [3.63, 3.8) is 0 Å². The van der Waals surface area contributed by atoms with E-state index in [-0.39, 0.29) is 13.0 Å². The Morgan fingerprint density at radius 3 is 2.74 bits per heavy atom. The number of aromatic amines is 1. The smallest absolute Gasteiger partial charge is 0.330 e. The monoisotopic (exact) mass is 334 g/mol. The lowest BCUT2D eigenvalue weighted by Crippen LogP contribution is -2.31. The van der Waals surface area contributed by atoms with Crippen LogP contribution in [0, 0.1) is 0 Å². The van der Waals surface area contributed by atoms with Crippen molar-refractivity contribution in [3.8, 4) is 0 Å². The van der Waals surface area contributed by atoms with Gasteiger partial charge in [0.1, 0.15) is 12.3 Å². The Hall–Kier alpha value is -1.22. The first-order valence-corrected chi connectivity index (χ1v) is 6.42. The summed E-state index contributed by atoms with van der Waals surface area (Å²) in [6, 6.07) is 1.20. The number of halogens is 1. The van der Waals surface area contributed by atoms with E-state index in [1.807, 2.05) is 0 Å². The number of hydrogen-bond donors (Lipinski definition) is 3. The SMILES string of the molecule is C=CBr.O=c1ccn([C@H]2C[C@H](O)[C@@H](CO)O2)c(=O)[nH]1. The molecule has 106 valence electrons. The van der Waals surface area contributed by atoms with Crippen molar-refractivity contribution in [1.29, 1.82) is 0 Å². The summed E-state index contributed by atoms with van der Waals surface area (Å²) < 4.78 is 6.45. The fraction of sp³-hybridized carbons (Fsp3) is 0.455. The molecule has 1 aromatic rings. The maximum Gasteiger partial charge on any atom is 0.330 e. The minimum atomic E-state index is -0.811. The van der Waals surface area contributed by atoms with Crippen molar-refractivity contribution >= 4 is 15.9 Å². The Balaban J connectivity index is 0.000000550. The molecule has 2 rings (SSSR count). The fourth-order valence-electron chi connectivity index (χ4n) is 1.70. The highest BCUT2D eigenvalue weighted by Gasteiger charge is 2.34. The summed E-state index contributed by atoms with van der Waals surface area (Å²) in [6.45, 7) is 2.97. The number of ether oxygens (including phenoxy) is 1. The highest BCUT2D eigenvalue weighted by atomic mass is 79.9. The summed E-state index contributed by atoms with van der Waals surface area (Å²) >= 11 is 2.91. The Morgan fingerprint density at radius 1 is 1.63 bits per heavy atom. The van der Waals surface area contributed by atoms with Crippen LogP contribution in [0.2, 0.25) is 0 Å². The molecular formula is C11H15BrN2O5. The third-order valence-electron chi connectivity index (χ3n) is 2.55. The van der Waals surface area contributed by atoms with Gasteiger partial charge in [0.2, 0.25) is 0 Å². The molecular weight excluding hydrogens is 320 g/mol. The molecule has 0 bridgehead atoms. The molecule has 0 amide bonds. The highest BCUT2D eigenvalue weighted by Crippen LogP contribution is 2.26. The van der Waals surface area contributed by atoms with Crippen LogP contribution in [0.25, 0.3) is 0 Å². The molecule has 3 N–H and O–H groups in total. The van der Waals surface area contributed by atoms with Gasteiger partial charge >= 0.3 is 5.69 Å². The van der Waals surface area contributed by atoms with E-state index in [0.717, 1.165) is 0 Å². The summed E-state index contributed by atoms with van der Waals surface area (Å²) in [5.74, 6) is 0. The molecule has 0 radical (unpaired) electrons. The minimum Gasteiger partial charge on any atom is -0.394 e. The van der Waals surface area contributed by atoms with Crippen molar-refractivity contribution in [3.05, 3.63) is 44.7 Å². The summed E-state index contributed by atoms with van der Waals surface area (Å²) in [4.78, 5) is 25.9. The van der Waals surface area contributed by atoms with Gasteiger partial charge in [-0.2, -0.15) is 0 Å². The molecule has 3 atom stereocenters. The van der Waals surface area contributed by atoms with E-state index in [1.165, 1.54) is 16.8 Å². The maximum absolute atomic E-state index is 11.4. The van der Waals surface area contributed by atoms with Crippen LogP contribution in [0.3, 0.4) is 0 Å². The zero-order valence-corrected chi connectivity index (χ0v) is 11.6. The average Bonchev–Trinajstić information content (AvgIpc) is 2.71. The molecule has 8 heteroatoms. The number of H-pyrrole nitrogens is 1. The van der Waals surface area contributed by atoms with E-state index in [9.17, 15) is 14.7 Å². The number of aromatic nitrogens is 2. The molecule has 0 aromatic carbocycles. The molecule has 0 unspecified atom stereocenters. The number of nitrogens with one attached hydrogen (secondary N) is 1. The van der Waals surface area contributed by atoms with Crippen molar-refractivity contribution in [2.24, 2.45) is 0 Å². The predicted molar refractivity (Wildman–Crippen MR) is 72.1 cm³/mol. The number of aliphatic hydroxyl groups excluding tert-OH is 2. The molecule has 1 aliphatic heterocycles. The third kappa shape index (κ3) is 4.13. The van der Waals surface area contributed by atoms with Gasteiger partial charge in [0, 0.05) is 18.7 Å². The predicted octanol–water partition coefficient (Wildman–Crippen LogP) is -0.298. The minimum absolute atomic E-state index is 0.206. The molecule has 1 saturated heterocycles. The zero-order chi connectivity index (χ0) is 14.4. The molecule has 1 fully saturated rings. The maximum atomic E-state index is 11.4. The second-order valence-corrected chi connectivity index (χ2v) is 4.43. The van der Waals surface area contributed by atoms with Crippen LogP contribution >= 0.6 is 15.9 Å². The standard InChI is InChI=1S/C9H12N2O5.C2H3Br/c12-4-6-5(13)3-8(16-6)11-2-1-7(14)10-9(11)15;1-2-3/h1-2,5-6,8,12-13H,3-4H2,(H,10,14,15);2H,1H2/t5-,6+,8+;/m0./s1. The third-order valence-corrected chi connectivity index (χ3v) is 2.55. The topological polar surface area (TPSA) is 105 Å². The molecule has 2 heterocycles. The second-order valence-electron chi connectivity index (χ2n) is 3.79. The van der Waals surface area contributed by atoms with Gasteiger partial charge in [-0.25, -0.2) is 4.79 Å². The summed E-state index contributed by atoms with van der Waals surface area (Å²) in [5, 5.41) is 18.4. The van der Waals surface area contributed by atoms with Gasteiger partial charge < -0.3 is 14.9 Å². The Labute approximate surface area is 117 Å². The summed E-state index contributed by atoms with van der Waals surface area (Å²) in [6.07, 6.45) is -0.649. The van der Waals surface area contributed by atoms with Crippen molar-refractivity contribution in [2.75, 3.05) is 6.61 Å². The van der Waals surface area contributed by atoms with Gasteiger partial charge in [0.25, 0.3) is 5.56 Å². The largest absolute Gasteiger partial charge is 0.394 e. The Bertz CT molecular complexity index is 526. The van der Waals surface area contributed by atoms with Gasteiger partial charge in [0.05, 0.1) is 12.7 Å². The summed E-state index contributed by atoms with van der Waals surface area (Å²) in [7, 11) is 0. The Kier molecular flexibility index (Phi) is 6.16. The lowest BCUT2D eigenvalue weighted by atomic mass is 10.2. The van der Waals surface area contributed by atoms with Gasteiger partial charge in [-0.15, -0.1) is 0 Å². The van der Waals surface area contributed by atoms with E-state index in [2.05, 4.69) is 27.5 Å².